The molecule has 2 heterocycles. The lowest BCUT2D eigenvalue weighted by Gasteiger charge is -2.04. The van der Waals surface area contributed by atoms with Gasteiger partial charge in [-0.1, -0.05) is 17.3 Å². The highest BCUT2D eigenvalue weighted by atomic mass is 15.4. The van der Waals surface area contributed by atoms with Crippen LogP contribution in [0.15, 0.2) is 54.6 Å². The Morgan fingerprint density at radius 3 is 2.75 bits per heavy atom. The Bertz CT molecular complexity index is 926. The van der Waals surface area contributed by atoms with E-state index in [9.17, 15) is 0 Å². The first kappa shape index (κ1) is 10.9. The fraction of sp³-hybridized carbons (Fsp3) is 0. The summed E-state index contributed by atoms with van der Waals surface area (Å²) in [5.74, 6) is 0.746. The predicted octanol–water partition coefficient (Wildman–Crippen LogP) is 2.55. The SMILES string of the molecule is Nc1ccc2nc(-n3nnc4ccccc43)ccc2c1. The first-order valence-corrected chi connectivity index (χ1v) is 6.28. The summed E-state index contributed by atoms with van der Waals surface area (Å²) in [7, 11) is 0. The quantitative estimate of drug-likeness (QED) is 0.534. The molecule has 0 radical (unpaired) electrons. The van der Waals surface area contributed by atoms with Crippen LogP contribution in [-0.4, -0.2) is 20.0 Å². The van der Waals surface area contributed by atoms with Gasteiger partial charge in [0.15, 0.2) is 5.82 Å². The van der Waals surface area contributed by atoms with E-state index in [4.69, 9.17) is 5.73 Å². The van der Waals surface area contributed by atoms with Gasteiger partial charge in [-0.15, -0.1) is 5.10 Å². The van der Waals surface area contributed by atoms with E-state index in [0.29, 0.717) is 0 Å². The Morgan fingerprint density at radius 2 is 1.80 bits per heavy atom. The molecule has 0 aliphatic rings. The monoisotopic (exact) mass is 261 g/mol. The highest BCUT2D eigenvalue weighted by Crippen LogP contribution is 2.19. The summed E-state index contributed by atoms with van der Waals surface area (Å²) in [4.78, 5) is 4.61. The maximum absolute atomic E-state index is 5.78. The second kappa shape index (κ2) is 4.03. The van der Waals surface area contributed by atoms with Crippen molar-refractivity contribution in [3.8, 4) is 5.82 Å². The molecule has 5 nitrogen and oxygen atoms in total. The Morgan fingerprint density at radius 1 is 0.900 bits per heavy atom. The lowest BCUT2D eigenvalue weighted by atomic mass is 10.2. The third kappa shape index (κ3) is 1.60. The van der Waals surface area contributed by atoms with Crippen molar-refractivity contribution >= 4 is 27.6 Å². The number of nitrogens with zero attached hydrogens (tertiary/aromatic N) is 4. The van der Waals surface area contributed by atoms with Gasteiger partial charge in [0.1, 0.15) is 5.52 Å². The first-order chi connectivity index (χ1) is 9.81. The molecule has 2 N–H and O–H groups in total. The summed E-state index contributed by atoms with van der Waals surface area (Å²) in [5.41, 5.74) is 9.19. The molecule has 0 spiro atoms. The number of benzene rings is 2. The molecule has 4 aromatic rings. The van der Waals surface area contributed by atoms with Crippen LogP contribution in [-0.2, 0) is 0 Å². The van der Waals surface area contributed by atoms with Crippen LogP contribution in [0.5, 0.6) is 0 Å². The van der Waals surface area contributed by atoms with Crippen molar-refractivity contribution in [3.63, 3.8) is 0 Å². The molecule has 0 amide bonds. The number of aromatic nitrogens is 4. The first-order valence-electron chi connectivity index (χ1n) is 6.28. The lowest BCUT2D eigenvalue weighted by molar-refractivity contribution is 0.805. The number of anilines is 1. The van der Waals surface area contributed by atoms with Crippen LogP contribution in [0.25, 0.3) is 27.8 Å². The van der Waals surface area contributed by atoms with Gasteiger partial charge in [0, 0.05) is 11.1 Å². The van der Waals surface area contributed by atoms with Gasteiger partial charge in [-0.2, -0.15) is 4.68 Å². The minimum atomic E-state index is 0.734. The van der Waals surface area contributed by atoms with Crippen LogP contribution >= 0.6 is 0 Å². The molecule has 0 atom stereocenters. The largest absolute Gasteiger partial charge is 0.399 e. The van der Waals surface area contributed by atoms with Crippen molar-refractivity contribution < 1.29 is 0 Å². The zero-order valence-corrected chi connectivity index (χ0v) is 10.6. The van der Waals surface area contributed by atoms with Crippen LogP contribution in [0.1, 0.15) is 0 Å². The average molecular weight is 261 g/mol. The molecule has 0 saturated carbocycles. The summed E-state index contributed by atoms with van der Waals surface area (Å²) >= 11 is 0. The highest BCUT2D eigenvalue weighted by molar-refractivity contribution is 5.83. The molecule has 0 fully saturated rings. The van der Waals surface area contributed by atoms with E-state index >= 15 is 0 Å². The second-order valence-corrected chi connectivity index (χ2v) is 4.61. The minimum Gasteiger partial charge on any atom is -0.399 e. The fourth-order valence-electron chi connectivity index (χ4n) is 2.29. The fourth-order valence-corrected chi connectivity index (χ4v) is 2.29. The summed E-state index contributed by atoms with van der Waals surface area (Å²) in [6, 6.07) is 17.4. The normalized spacial score (nSPS) is 11.2. The molecule has 20 heavy (non-hydrogen) atoms. The van der Waals surface area contributed by atoms with Crippen molar-refractivity contribution in [2.75, 3.05) is 5.73 Å². The summed E-state index contributed by atoms with van der Waals surface area (Å²) in [6.45, 7) is 0. The molecule has 0 unspecified atom stereocenters. The molecular weight excluding hydrogens is 250 g/mol. The summed E-state index contributed by atoms with van der Waals surface area (Å²) in [6.07, 6.45) is 0. The molecule has 0 aliphatic heterocycles. The predicted molar refractivity (Wildman–Crippen MR) is 78.6 cm³/mol. The molecule has 0 bridgehead atoms. The topological polar surface area (TPSA) is 69.6 Å². The van der Waals surface area contributed by atoms with Gasteiger partial charge in [-0.3, -0.25) is 0 Å². The van der Waals surface area contributed by atoms with E-state index in [2.05, 4.69) is 15.3 Å². The van der Waals surface area contributed by atoms with Gasteiger partial charge in [-0.25, -0.2) is 4.98 Å². The smallest absolute Gasteiger partial charge is 0.156 e. The van der Waals surface area contributed by atoms with Crippen LogP contribution in [0.2, 0.25) is 0 Å². The van der Waals surface area contributed by atoms with Crippen LogP contribution in [0.3, 0.4) is 0 Å². The van der Waals surface area contributed by atoms with Crippen molar-refractivity contribution in [2.24, 2.45) is 0 Å². The lowest BCUT2D eigenvalue weighted by Crippen LogP contribution is -1.99. The van der Waals surface area contributed by atoms with Crippen molar-refractivity contribution in [3.05, 3.63) is 54.6 Å². The van der Waals surface area contributed by atoms with Gasteiger partial charge in [0.05, 0.1) is 11.0 Å². The van der Waals surface area contributed by atoms with E-state index in [1.54, 1.807) is 4.68 Å². The van der Waals surface area contributed by atoms with Gasteiger partial charge in [-0.05, 0) is 42.5 Å². The number of hydrogen-bond acceptors (Lipinski definition) is 4. The zero-order chi connectivity index (χ0) is 13.5. The molecule has 0 saturated heterocycles. The van der Waals surface area contributed by atoms with Gasteiger partial charge in [0.25, 0.3) is 0 Å². The zero-order valence-electron chi connectivity index (χ0n) is 10.6. The average Bonchev–Trinajstić information content (AvgIpc) is 2.91. The summed E-state index contributed by atoms with van der Waals surface area (Å²) < 4.78 is 1.74. The molecule has 96 valence electrons. The Labute approximate surface area is 114 Å². The standard InChI is InChI=1S/C15H11N5/c16-11-6-7-12-10(9-11)5-8-15(17-12)20-14-4-2-1-3-13(14)18-19-20/h1-9H,16H2. The maximum Gasteiger partial charge on any atom is 0.156 e. The van der Waals surface area contributed by atoms with Crippen molar-refractivity contribution in [2.45, 2.75) is 0 Å². The second-order valence-electron chi connectivity index (χ2n) is 4.61. The number of pyridine rings is 1. The Balaban J connectivity index is 1.96. The summed E-state index contributed by atoms with van der Waals surface area (Å²) in [5, 5.41) is 9.32. The maximum atomic E-state index is 5.78. The molecule has 2 aromatic carbocycles. The number of para-hydroxylation sites is 1. The highest BCUT2D eigenvalue weighted by Gasteiger charge is 2.07. The third-order valence-corrected chi connectivity index (χ3v) is 3.27. The Kier molecular flexibility index (Phi) is 2.20. The minimum absolute atomic E-state index is 0.734. The van der Waals surface area contributed by atoms with E-state index < -0.39 is 0 Å². The van der Waals surface area contributed by atoms with Gasteiger partial charge in [0.2, 0.25) is 0 Å². The van der Waals surface area contributed by atoms with Crippen LogP contribution in [0, 0.1) is 0 Å². The van der Waals surface area contributed by atoms with Crippen molar-refractivity contribution in [1.29, 1.82) is 0 Å². The van der Waals surface area contributed by atoms with Gasteiger partial charge < -0.3 is 5.73 Å². The van der Waals surface area contributed by atoms with E-state index in [1.165, 1.54) is 0 Å². The van der Waals surface area contributed by atoms with Crippen LogP contribution < -0.4 is 5.73 Å². The van der Waals surface area contributed by atoms with Crippen LogP contribution in [0.4, 0.5) is 5.69 Å². The Hall–Kier alpha value is -2.95. The number of hydrogen-bond donors (Lipinski definition) is 1. The molecule has 5 heteroatoms. The molecular formula is C15H11N5. The van der Waals surface area contributed by atoms with Gasteiger partial charge >= 0.3 is 0 Å². The molecule has 2 aromatic heterocycles. The number of rotatable bonds is 1. The number of nitrogen functional groups attached to an aromatic ring is 1. The van der Waals surface area contributed by atoms with Crippen molar-refractivity contribution in [1.82, 2.24) is 20.0 Å². The van der Waals surface area contributed by atoms with E-state index in [1.807, 2.05) is 54.6 Å². The number of nitrogens with two attached hydrogens (primary N) is 1. The number of fused-ring (bicyclic) bond motifs is 2. The molecule has 0 aliphatic carbocycles. The third-order valence-electron chi connectivity index (χ3n) is 3.27. The molecule has 4 rings (SSSR count). The van der Waals surface area contributed by atoms with E-state index in [0.717, 1.165) is 33.4 Å². The van der Waals surface area contributed by atoms with E-state index in [-0.39, 0.29) is 0 Å².